The van der Waals surface area contributed by atoms with E-state index in [1.807, 2.05) is 0 Å². The molecule has 13 heteroatoms. The highest BCUT2D eigenvalue weighted by Crippen LogP contribution is 2.38. The fourth-order valence-electron chi connectivity index (χ4n) is 3.41. The Balaban J connectivity index is 1.53. The van der Waals surface area contributed by atoms with Crippen LogP contribution in [0, 0.1) is 0 Å². The molecule has 1 aromatic heterocycles. The van der Waals surface area contributed by atoms with Crippen LogP contribution < -0.4 is 25.2 Å². The molecule has 3 heterocycles. The Labute approximate surface area is 180 Å². The van der Waals surface area contributed by atoms with Gasteiger partial charge in [-0.3, -0.25) is 9.36 Å². The van der Waals surface area contributed by atoms with Crippen LogP contribution in [-0.2, 0) is 19.6 Å². The lowest BCUT2D eigenvalue weighted by molar-refractivity contribution is -0.557. The van der Waals surface area contributed by atoms with Gasteiger partial charge < -0.3 is 24.3 Å². The highest BCUT2D eigenvalue weighted by atomic mass is 19.1. The number of anilines is 1. The van der Waals surface area contributed by atoms with Gasteiger partial charge in [0.15, 0.2) is 30.0 Å². The van der Waals surface area contributed by atoms with Gasteiger partial charge in [-0.1, -0.05) is 5.04 Å². The third-order valence-corrected chi connectivity index (χ3v) is 4.97. The fraction of sp³-hybridized carbons (Fsp3) is 0.421. The minimum absolute atomic E-state index is 0.0428. The Morgan fingerprint density at radius 1 is 1.22 bits per heavy atom. The number of halogens is 1. The zero-order valence-electron chi connectivity index (χ0n) is 17.3. The summed E-state index contributed by atoms with van der Waals surface area (Å²) in [6.45, 7) is -0.0489. The van der Waals surface area contributed by atoms with Gasteiger partial charge in [0.05, 0.1) is 21.3 Å². The smallest absolute Gasteiger partial charge is 0.351 e. The Kier molecular flexibility index (Phi) is 6.23. The molecule has 2 aromatic rings. The minimum atomic E-state index is -1.69. The first-order valence-corrected chi connectivity index (χ1v) is 9.41. The predicted octanol–water partition coefficient (Wildman–Crippen LogP) is 1.02. The van der Waals surface area contributed by atoms with Gasteiger partial charge in [-0.25, -0.2) is 14.1 Å². The van der Waals surface area contributed by atoms with Crippen molar-refractivity contribution in [1.82, 2.24) is 9.55 Å². The molecule has 2 aliphatic heterocycles. The lowest BCUT2D eigenvalue weighted by Gasteiger charge is -2.21. The lowest BCUT2D eigenvalue weighted by atomic mass is 10.1. The number of carbonyl (C=O) groups is 1. The summed E-state index contributed by atoms with van der Waals surface area (Å²) in [5.41, 5.74) is -0.657. The second-order valence-corrected chi connectivity index (χ2v) is 6.79. The van der Waals surface area contributed by atoms with Crippen molar-refractivity contribution in [1.29, 1.82) is 0 Å². The van der Waals surface area contributed by atoms with Crippen molar-refractivity contribution >= 4 is 11.7 Å². The summed E-state index contributed by atoms with van der Waals surface area (Å²) in [5, 5.41) is 6.83. The molecule has 0 unspecified atom stereocenters. The molecule has 12 nitrogen and oxygen atoms in total. The number of aromatic nitrogens is 2. The van der Waals surface area contributed by atoms with Gasteiger partial charge in [0.1, 0.15) is 18.5 Å². The quantitative estimate of drug-likeness (QED) is 0.633. The highest BCUT2D eigenvalue weighted by Gasteiger charge is 2.50. The molecule has 1 amide bonds. The van der Waals surface area contributed by atoms with Gasteiger partial charge in [0, 0.05) is 11.8 Å². The molecular weight excluding hydrogens is 433 g/mol. The van der Waals surface area contributed by atoms with Crippen LogP contribution >= 0.6 is 0 Å². The molecule has 2 saturated heterocycles. The maximum Gasteiger partial charge on any atom is 0.351 e. The number of alkyl halides is 1. The van der Waals surface area contributed by atoms with E-state index in [-0.39, 0.29) is 29.5 Å². The number of nitrogens with zero attached hydrogens (tertiary/aromatic N) is 2. The van der Waals surface area contributed by atoms with Gasteiger partial charge in [0.25, 0.3) is 5.91 Å². The third-order valence-electron chi connectivity index (χ3n) is 4.97. The molecule has 172 valence electrons. The van der Waals surface area contributed by atoms with E-state index in [9.17, 15) is 14.0 Å². The molecule has 1 N–H and O–H groups in total. The minimum Gasteiger partial charge on any atom is -0.493 e. The monoisotopic (exact) mass is 453 g/mol. The second kappa shape index (κ2) is 9.08. The summed E-state index contributed by atoms with van der Waals surface area (Å²) < 4.78 is 36.8. The standard InChI is InChI=1S/C19H20FN3O9/c1-26-10-6-9(7-11(27-2)15(10)28-3)17(24)21-13-4-5-23(19(25)22-13)18-14(20)16-12(30-18)8-29-32-31-16/h4-7,12,14,16,18H,8H2,1-3H3,(H,21,22,24,25)/t12-,14+,16-,18-/m1/s1. The number of ether oxygens (including phenoxy) is 4. The van der Waals surface area contributed by atoms with Gasteiger partial charge in [-0.05, 0) is 18.2 Å². The zero-order chi connectivity index (χ0) is 22.8. The SMILES string of the molecule is COc1cc(C(=O)Nc2ccn([C@@H]3O[C@@H]4COOO[C@H]4[C@@H]3F)c(=O)n2)cc(OC)c1OC. The van der Waals surface area contributed by atoms with E-state index in [1.54, 1.807) is 0 Å². The van der Waals surface area contributed by atoms with Crippen LogP contribution in [0.15, 0.2) is 29.2 Å². The Hall–Kier alpha value is -3.26. The summed E-state index contributed by atoms with van der Waals surface area (Å²) >= 11 is 0. The molecule has 0 aliphatic carbocycles. The van der Waals surface area contributed by atoms with E-state index in [4.69, 9.17) is 23.8 Å². The average Bonchev–Trinajstić information content (AvgIpc) is 3.14. The maximum atomic E-state index is 14.6. The largest absolute Gasteiger partial charge is 0.493 e. The van der Waals surface area contributed by atoms with Crippen molar-refractivity contribution in [3.63, 3.8) is 0 Å². The Morgan fingerprint density at radius 2 is 1.94 bits per heavy atom. The van der Waals surface area contributed by atoms with Gasteiger partial charge in [-0.15, -0.1) is 0 Å². The van der Waals surface area contributed by atoms with Crippen LogP contribution in [0.5, 0.6) is 17.2 Å². The van der Waals surface area contributed by atoms with Gasteiger partial charge >= 0.3 is 5.69 Å². The summed E-state index contributed by atoms with van der Waals surface area (Å²) in [7, 11) is 4.28. The number of methoxy groups -OCH3 is 3. The zero-order valence-corrected chi connectivity index (χ0v) is 17.3. The number of benzene rings is 1. The number of hydrogen-bond acceptors (Lipinski definition) is 10. The molecule has 2 aliphatic rings. The number of amides is 1. The Bertz CT molecular complexity index is 1040. The molecule has 0 bridgehead atoms. The predicted molar refractivity (Wildman–Crippen MR) is 103 cm³/mol. The van der Waals surface area contributed by atoms with Crippen molar-refractivity contribution in [3.05, 3.63) is 40.4 Å². The van der Waals surface area contributed by atoms with Crippen molar-refractivity contribution in [3.8, 4) is 17.2 Å². The molecule has 0 saturated carbocycles. The lowest BCUT2D eigenvalue weighted by Crippen LogP contribution is -2.39. The maximum absolute atomic E-state index is 14.6. The molecular formula is C19H20FN3O9. The summed E-state index contributed by atoms with van der Waals surface area (Å²) in [4.78, 5) is 38.3. The third kappa shape index (κ3) is 3.98. The van der Waals surface area contributed by atoms with Crippen molar-refractivity contribution < 1.29 is 42.9 Å². The summed E-state index contributed by atoms with van der Waals surface area (Å²) in [6.07, 6.45) is -3.50. The molecule has 2 fully saturated rings. The molecule has 0 spiro atoms. The summed E-state index contributed by atoms with van der Waals surface area (Å²) in [5.74, 6) is 0.264. The molecule has 4 atom stereocenters. The number of hydrogen-bond donors (Lipinski definition) is 1. The first kappa shape index (κ1) is 22.0. The van der Waals surface area contributed by atoms with Crippen LogP contribution in [0.25, 0.3) is 0 Å². The number of nitrogens with one attached hydrogen (secondary N) is 1. The van der Waals surface area contributed by atoms with E-state index in [0.29, 0.717) is 5.75 Å². The van der Waals surface area contributed by atoms with E-state index < -0.39 is 36.2 Å². The van der Waals surface area contributed by atoms with Gasteiger partial charge in [-0.2, -0.15) is 9.87 Å². The number of fused-ring (bicyclic) bond motifs is 1. The highest BCUT2D eigenvalue weighted by molar-refractivity contribution is 6.04. The normalized spacial score (nSPS) is 24.5. The first-order chi connectivity index (χ1) is 15.5. The van der Waals surface area contributed by atoms with Crippen LogP contribution in [0.1, 0.15) is 16.6 Å². The average molecular weight is 453 g/mol. The topological polar surface area (TPSA) is 129 Å². The van der Waals surface area contributed by atoms with Crippen molar-refractivity contribution in [2.24, 2.45) is 0 Å². The van der Waals surface area contributed by atoms with E-state index in [1.165, 1.54) is 45.7 Å². The molecule has 32 heavy (non-hydrogen) atoms. The van der Waals surface area contributed by atoms with E-state index in [0.717, 1.165) is 4.57 Å². The van der Waals surface area contributed by atoms with E-state index >= 15 is 0 Å². The Morgan fingerprint density at radius 3 is 2.53 bits per heavy atom. The first-order valence-electron chi connectivity index (χ1n) is 9.41. The van der Waals surface area contributed by atoms with Crippen LogP contribution in [-0.4, -0.2) is 61.8 Å². The van der Waals surface area contributed by atoms with Crippen molar-refractivity contribution in [2.75, 3.05) is 33.3 Å². The van der Waals surface area contributed by atoms with E-state index in [2.05, 4.69) is 20.2 Å². The molecule has 1 aromatic carbocycles. The van der Waals surface area contributed by atoms with Crippen molar-refractivity contribution in [2.45, 2.75) is 24.6 Å². The summed E-state index contributed by atoms with van der Waals surface area (Å²) in [6, 6.07) is 4.23. The van der Waals surface area contributed by atoms with Crippen LogP contribution in [0.2, 0.25) is 0 Å². The molecule has 4 rings (SSSR count). The fourth-order valence-corrected chi connectivity index (χ4v) is 3.41. The number of rotatable bonds is 6. The second-order valence-electron chi connectivity index (χ2n) is 6.79. The number of carbonyl (C=O) groups excluding carboxylic acids is 1. The van der Waals surface area contributed by atoms with Crippen LogP contribution in [0.3, 0.4) is 0 Å². The molecule has 0 radical (unpaired) electrons. The van der Waals surface area contributed by atoms with Crippen LogP contribution in [0.4, 0.5) is 10.2 Å². The van der Waals surface area contributed by atoms with Gasteiger partial charge in [0.2, 0.25) is 5.75 Å².